The molecule has 4 N–H and O–H groups in total. The number of likely N-dealkylation sites (tertiary alicyclic amines) is 1. The van der Waals surface area contributed by atoms with Crippen LogP contribution >= 0.6 is 0 Å². The SMILES string of the molecule is COCCn1cc(C(=O)N2CCC(c3cc(CN)ccc3F)CC2)c2c(N)cccc21. The van der Waals surface area contributed by atoms with Gasteiger partial charge < -0.3 is 25.7 Å². The molecule has 31 heavy (non-hydrogen) atoms. The summed E-state index contributed by atoms with van der Waals surface area (Å²) in [7, 11) is 1.66. The van der Waals surface area contributed by atoms with E-state index in [1.165, 1.54) is 6.07 Å². The van der Waals surface area contributed by atoms with Crippen LogP contribution in [-0.2, 0) is 17.8 Å². The van der Waals surface area contributed by atoms with Crippen LogP contribution in [0.1, 0.15) is 40.2 Å². The summed E-state index contributed by atoms with van der Waals surface area (Å²) in [5.74, 6) is -0.145. The second-order valence-corrected chi connectivity index (χ2v) is 8.10. The second kappa shape index (κ2) is 9.08. The van der Waals surface area contributed by atoms with Crippen LogP contribution in [0.4, 0.5) is 10.1 Å². The number of amides is 1. The van der Waals surface area contributed by atoms with Gasteiger partial charge in [0.2, 0.25) is 0 Å². The molecule has 0 unspecified atom stereocenters. The van der Waals surface area contributed by atoms with E-state index in [2.05, 4.69) is 0 Å². The maximum Gasteiger partial charge on any atom is 0.256 e. The lowest BCUT2D eigenvalue weighted by Gasteiger charge is -2.32. The van der Waals surface area contributed by atoms with E-state index in [1.54, 1.807) is 13.2 Å². The second-order valence-electron chi connectivity index (χ2n) is 8.10. The number of carbonyl (C=O) groups is 1. The Morgan fingerprint density at radius 1 is 1.23 bits per heavy atom. The van der Waals surface area contributed by atoms with Gasteiger partial charge in [0.25, 0.3) is 5.91 Å². The summed E-state index contributed by atoms with van der Waals surface area (Å²) in [6.45, 7) is 2.73. The Kier molecular flexibility index (Phi) is 6.25. The van der Waals surface area contributed by atoms with Crippen molar-refractivity contribution in [3.63, 3.8) is 0 Å². The summed E-state index contributed by atoms with van der Waals surface area (Å²) in [5.41, 5.74) is 15.7. The van der Waals surface area contributed by atoms with E-state index in [1.807, 2.05) is 39.9 Å². The van der Waals surface area contributed by atoms with Crippen LogP contribution in [0.25, 0.3) is 10.9 Å². The largest absolute Gasteiger partial charge is 0.398 e. The molecule has 1 aliphatic heterocycles. The predicted molar refractivity (Wildman–Crippen MR) is 120 cm³/mol. The number of methoxy groups -OCH3 is 1. The Bertz CT molecular complexity index is 1090. The summed E-state index contributed by atoms with van der Waals surface area (Å²) < 4.78 is 21.6. The third-order valence-corrected chi connectivity index (χ3v) is 6.22. The third kappa shape index (κ3) is 4.16. The van der Waals surface area contributed by atoms with Crippen molar-refractivity contribution in [3.05, 3.63) is 65.1 Å². The summed E-state index contributed by atoms with van der Waals surface area (Å²) in [6, 6.07) is 10.8. The minimum atomic E-state index is -0.198. The fraction of sp³-hybridized carbons (Fsp3) is 0.375. The number of hydrogen-bond donors (Lipinski definition) is 2. The van der Waals surface area contributed by atoms with Gasteiger partial charge in [0.15, 0.2) is 0 Å². The van der Waals surface area contributed by atoms with Crippen LogP contribution in [0.2, 0.25) is 0 Å². The highest BCUT2D eigenvalue weighted by atomic mass is 19.1. The van der Waals surface area contributed by atoms with E-state index in [-0.39, 0.29) is 17.6 Å². The molecule has 0 radical (unpaired) electrons. The smallest absolute Gasteiger partial charge is 0.256 e. The van der Waals surface area contributed by atoms with Gasteiger partial charge in [-0.25, -0.2) is 4.39 Å². The van der Waals surface area contributed by atoms with Crippen molar-refractivity contribution in [2.24, 2.45) is 5.73 Å². The van der Waals surface area contributed by atoms with Gasteiger partial charge in [0, 0.05) is 50.6 Å². The number of halogens is 1. The van der Waals surface area contributed by atoms with Gasteiger partial charge >= 0.3 is 0 Å². The number of rotatable bonds is 6. The normalized spacial score (nSPS) is 15.0. The number of fused-ring (bicyclic) bond motifs is 1. The molecule has 4 rings (SSSR count). The Morgan fingerprint density at radius 3 is 2.71 bits per heavy atom. The molecule has 164 valence electrons. The maximum atomic E-state index is 14.4. The van der Waals surface area contributed by atoms with Gasteiger partial charge in [0.1, 0.15) is 5.82 Å². The molecule has 1 saturated heterocycles. The van der Waals surface area contributed by atoms with Gasteiger partial charge in [-0.3, -0.25) is 4.79 Å². The average molecular weight is 425 g/mol. The average Bonchev–Trinajstić information content (AvgIpc) is 3.17. The first-order valence-corrected chi connectivity index (χ1v) is 10.7. The van der Waals surface area contributed by atoms with E-state index in [0.29, 0.717) is 62.4 Å². The van der Waals surface area contributed by atoms with Gasteiger partial charge in [-0.15, -0.1) is 0 Å². The highest BCUT2D eigenvalue weighted by Crippen LogP contribution is 2.33. The lowest BCUT2D eigenvalue weighted by Crippen LogP contribution is -2.38. The standard InChI is InChI=1S/C24H29FN4O2/c1-31-12-11-29-15-19(23-21(27)3-2-4-22(23)29)24(30)28-9-7-17(8-10-28)18-13-16(14-26)5-6-20(18)25/h2-6,13,15,17H,7-12,14,26-27H2,1H3. The van der Waals surface area contributed by atoms with E-state index >= 15 is 0 Å². The molecule has 1 aromatic heterocycles. The predicted octanol–water partition coefficient (Wildman–Crippen LogP) is 3.49. The Labute approximate surface area is 181 Å². The number of aromatic nitrogens is 1. The zero-order valence-electron chi connectivity index (χ0n) is 17.8. The molecule has 1 fully saturated rings. The van der Waals surface area contributed by atoms with Gasteiger partial charge in [-0.2, -0.15) is 0 Å². The Morgan fingerprint density at radius 2 is 2.00 bits per heavy atom. The summed E-state index contributed by atoms with van der Waals surface area (Å²) in [6.07, 6.45) is 3.31. The van der Waals surface area contributed by atoms with Crippen molar-refractivity contribution >= 4 is 22.5 Å². The molecular weight excluding hydrogens is 395 g/mol. The Balaban J connectivity index is 1.55. The molecule has 1 amide bonds. The summed E-state index contributed by atoms with van der Waals surface area (Å²) in [5, 5.41) is 0.785. The van der Waals surface area contributed by atoms with Crippen molar-refractivity contribution in [1.82, 2.24) is 9.47 Å². The number of nitrogen functional groups attached to an aromatic ring is 1. The van der Waals surface area contributed by atoms with Crippen molar-refractivity contribution in [2.75, 3.05) is 32.5 Å². The number of nitrogens with zero attached hydrogens (tertiary/aromatic N) is 2. The molecular formula is C24H29FN4O2. The number of ether oxygens (including phenoxy) is 1. The van der Waals surface area contributed by atoms with Crippen LogP contribution in [0, 0.1) is 5.82 Å². The first kappa shape index (κ1) is 21.3. The van der Waals surface area contributed by atoms with Crippen molar-refractivity contribution in [3.8, 4) is 0 Å². The van der Waals surface area contributed by atoms with E-state index in [4.69, 9.17) is 16.2 Å². The lowest BCUT2D eigenvalue weighted by atomic mass is 9.88. The quantitative estimate of drug-likeness (QED) is 0.593. The molecule has 0 spiro atoms. The first-order valence-electron chi connectivity index (χ1n) is 10.7. The fourth-order valence-corrected chi connectivity index (χ4v) is 4.51. The zero-order chi connectivity index (χ0) is 22.0. The molecule has 0 bridgehead atoms. The number of hydrogen-bond acceptors (Lipinski definition) is 4. The molecule has 0 aliphatic carbocycles. The number of piperidine rings is 1. The summed E-state index contributed by atoms with van der Waals surface area (Å²) >= 11 is 0. The molecule has 7 heteroatoms. The minimum Gasteiger partial charge on any atom is -0.398 e. The number of benzene rings is 2. The molecule has 2 aromatic carbocycles. The monoisotopic (exact) mass is 424 g/mol. The minimum absolute atomic E-state index is 0.0336. The van der Waals surface area contributed by atoms with Crippen molar-refractivity contribution in [2.45, 2.75) is 31.8 Å². The molecule has 2 heterocycles. The molecule has 1 aliphatic rings. The number of anilines is 1. The highest BCUT2D eigenvalue weighted by Gasteiger charge is 2.28. The van der Waals surface area contributed by atoms with E-state index in [9.17, 15) is 9.18 Å². The highest BCUT2D eigenvalue weighted by molar-refractivity contribution is 6.11. The van der Waals surface area contributed by atoms with Crippen LogP contribution < -0.4 is 11.5 Å². The molecule has 3 aromatic rings. The molecule has 0 atom stereocenters. The van der Waals surface area contributed by atoms with Gasteiger partial charge in [-0.1, -0.05) is 18.2 Å². The summed E-state index contributed by atoms with van der Waals surface area (Å²) in [4.78, 5) is 15.2. The van der Waals surface area contributed by atoms with Crippen LogP contribution in [0.3, 0.4) is 0 Å². The third-order valence-electron chi connectivity index (χ3n) is 6.22. The number of nitrogens with two attached hydrogens (primary N) is 2. The van der Waals surface area contributed by atoms with Crippen LogP contribution in [-0.4, -0.2) is 42.2 Å². The van der Waals surface area contributed by atoms with Gasteiger partial charge in [-0.05, 0) is 48.1 Å². The van der Waals surface area contributed by atoms with Gasteiger partial charge in [0.05, 0.1) is 17.7 Å². The van der Waals surface area contributed by atoms with Crippen LogP contribution in [0.15, 0.2) is 42.6 Å². The Hall–Kier alpha value is -2.90. The number of carbonyl (C=O) groups excluding carboxylic acids is 1. The zero-order valence-corrected chi connectivity index (χ0v) is 17.8. The van der Waals surface area contributed by atoms with E-state index in [0.717, 1.165) is 16.5 Å². The van der Waals surface area contributed by atoms with Crippen LogP contribution in [0.5, 0.6) is 0 Å². The molecule has 6 nitrogen and oxygen atoms in total. The maximum absolute atomic E-state index is 14.4. The van der Waals surface area contributed by atoms with E-state index < -0.39 is 0 Å². The molecule has 0 saturated carbocycles. The lowest BCUT2D eigenvalue weighted by molar-refractivity contribution is 0.0714. The van der Waals surface area contributed by atoms with Crippen molar-refractivity contribution < 1.29 is 13.9 Å². The topological polar surface area (TPSA) is 86.5 Å². The first-order chi connectivity index (χ1) is 15.0. The van der Waals surface area contributed by atoms with Crippen molar-refractivity contribution in [1.29, 1.82) is 0 Å². The fourth-order valence-electron chi connectivity index (χ4n) is 4.51.